The third-order valence-electron chi connectivity index (χ3n) is 1.78. The van der Waals surface area contributed by atoms with E-state index < -0.39 is 29.2 Å². The lowest BCUT2D eigenvalue weighted by atomic mass is 10.0. The molecule has 1 rings (SSSR count). The summed E-state index contributed by atoms with van der Waals surface area (Å²) in [6, 6.07) is 1.27. The first-order chi connectivity index (χ1) is 7.05. The Hall–Kier alpha value is -0.670. The molecule has 8 heteroatoms. The molecule has 0 unspecified atom stereocenters. The van der Waals surface area contributed by atoms with E-state index in [4.69, 9.17) is 5.73 Å². The van der Waals surface area contributed by atoms with Crippen molar-refractivity contribution in [3.63, 3.8) is 0 Å². The first kappa shape index (κ1) is 13.4. The van der Waals surface area contributed by atoms with Crippen LogP contribution in [0.4, 0.5) is 32.0 Å². The summed E-state index contributed by atoms with van der Waals surface area (Å²) >= 11 is 1.44. The van der Waals surface area contributed by atoms with Gasteiger partial charge in [0.25, 0.3) is 0 Å². The molecule has 0 atom stereocenters. The molecule has 0 aliphatic heterocycles. The zero-order valence-corrected chi connectivity index (χ0v) is 9.54. The van der Waals surface area contributed by atoms with Crippen LogP contribution in [0, 0.1) is 3.57 Å². The predicted octanol–water partition coefficient (Wildman–Crippen LogP) is 3.91. The number of nitrogen functional groups attached to an aromatic ring is 1. The highest BCUT2D eigenvalue weighted by Crippen LogP contribution is 2.44. The average molecular weight is 355 g/mol. The SMILES string of the molecule is Nc1c(I)ccc(C(F)(F)F)c1C(F)(F)F. The summed E-state index contributed by atoms with van der Waals surface area (Å²) in [5.41, 5.74) is 0.546. The zero-order valence-electron chi connectivity index (χ0n) is 7.38. The van der Waals surface area contributed by atoms with Gasteiger partial charge in [-0.3, -0.25) is 0 Å². The molecule has 0 saturated heterocycles. The molecular weight excluding hydrogens is 351 g/mol. The van der Waals surface area contributed by atoms with Gasteiger partial charge in [-0.15, -0.1) is 0 Å². The number of hydrogen-bond acceptors (Lipinski definition) is 1. The van der Waals surface area contributed by atoms with Crippen molar-refractivity contribution in [1.29, 1.82) is 0 Å². The van der Waals surface area contributed by atoms with E-state index in [-0.39, 0.29) is 3.57 Å². The highest BCUT2D eigenvalue weighted by atomic mass is 127. The minimum Gasteiger partial charge on any atom is -0.397 e. The Bertz CT molecular complexity index is 408. The Morgan fingerprint density at radius 2 is 1.44 bits per heavy atom. The summed E-state index contributed by atoms with van der Waals surface area (Å²) in [4.78, 5) is 0. The molecule has 0 fully saturated rings. The lowest BCUT2D eigenvalue weighted by Crippen LogP contribution is -2.19. The van der Waals surface area contributed by atoms with E-state index in [1.54, 1.807) is 0 Å². The molecule has 16 heavy (non-hydrogen) atoms. The Balaban J connectivity index is 3.59. The molecule has 0 aliphatic rings. The maximum absolute atomic E-state index is 12.4. The average Bonchev–Trinajstić information content (AvgIpc) is 2.05. The lowest BCUT2D eigenvalue weighted by molar-refractivity contribution is -0.161. The normalized spacial score (nSPS) is 12.9. The summed E-state index contributed by atoms with van der Waals surface area (Å²) < 4.78 is 74.2. The number of halogens is 7. The van der Waals surface area contributed by atoms with E-state index in [1.165, 1.54) is 22.6 Å². The standard InChI is InChI=1S/C8H4F6IN/c9-7(10,11)3-1-2-4(15)6(16)5(3)8(12,13)14/h1-2H,16H2. The van der Waals surface area contributed by atoms with Crippen LogP contribution in [-0.2, 0) is 12.4 Å². The van der Waals surface area contributed by atoms with Crippen LogP contribution in [0.15, 0.2) is 12.1 Å². The monoisotopic (exact) mass is 355 g/mol. The molecule has 0 heterocycles. The van der Waals surface area contributed by atoms with Crippen molar-refractivity contribution in [1.82, 2.24) is 0 Å². The van der Waals surface area contributed by atoms with E-state index in [2.05, 4.69) is 0 Å². The summed E-state index contributed by atoms with van der Waals surface area (Å²) in [6.45, 7) is 0. The maximum Gasteiger partial charge on any atom is 0.419 e. The number of rotatable bonds is 0. The molecule has 90 valence electrons. The molecule has 2 N–H and O–H groups in total. The van der Waals surface area contributed by atoms with Crippen LogP contribution in [0.3, 0.4) is 0 Å². The van der Waals surface area contributed by atoms with Crippen LogP contribution < -0.4 is 5.73 Å². The fourth-order valence-corrected chi connectivity index (χ4v) is 1.59. The number of hydrogen-bond donors (Lipinski definition) is 1. The summed E-state index contributed by atoms with van der Waals surface area (Å²) in [5, 5.41) is 0. The van der Waals surface area contributed by atoms with Crippen molar-refractivity contribution in [2.45, 2.75) is 12.4 Å². The van der Waals surface area contributed by atoms with Crippen molar-refractivity contribution in [2.75, 3.05) is 5.73 Å². The van der Waals surface area contributed by atoms with E-state index in [1.807, 2.05) is 0 Å². The van der Waals surface area contributed by atoms with Crippen LogP contribution in [-0.4, -0.2) is 0 Å². The molecule has 1 nitrogen and oxygen atoms in total. The van der Waals surface area contributed by atoms with Gasteiger partial charge in [0.05, 0.1) is 16.8 Å². The Labute approximate surface area is 99.8 Å². The topological polar surface area (TPSA) is 26.0 Å². The molecule has 0 aromatic heterocycles. The third-order valence-corrected chi connectivity index (χ3v) is 2.72. The molecule has 0 radical (unpaired) electrons. The molecule has 1 aromatic carbocycles. The smallest absolute Gasteiger partial charge is 0.397 e. The Morgan fingerprint density at radius 1 is 0.938 bits per heavy atom. The van der Waals surface area contributed by atoms with Crippen LogP contribution in [0.1, 0.15) is 11.1 Å². The molecule has 0 aliphatic carbocycles. The highest BCUT2D eigenvalue weighted by molar-refractivity contribution is 14.1. The van der Waals surface area contributed by atoms with Gasteiger partial charge < -0.3 is 5.73 Å². The van der Waals surface area contributed by atoms with Crippen molar-refractivity contribution < 1.29 is 26.3 Å². The summed E-state index contributed by atoms with van der Waals surface area (Å²) in [5.74, 6) is 0. The predicted molar refractivity (Wildman–Crippen MR) is 53.6 cm³/mol. The number of anilines is 1. The third kappa shape index (κ3) is 2.53. The minimum atomic E-state index is -5.13. The first-order valence-electron chi connectivity index (χ1n) is 3.77. The quantitative estimate of drug-likeness (QED) is 0.426. The van der Waals surface area contributed by atoms with Gasteiger partial charge in [0.2, 0.25) is 0 Å². The molecule has 0 amide bonds. The first-order valence-corrected chi connectivity index (χ1v) is 4.85. The molecule has 0 saturated carbocycles. The summed E-state index contributed by atoms with van der Waals surface area (Å²) in [6.07, 6.45) is -10.2. The number of benzene rings is 1. The van der Waals surface area contributed by atoms with Crippen LogP contribution in [0.5, 0.6) is 0 Å². The Kier molecular flexibility index (Phi) is 3.32. The lowest BCUT2D eigenvalue weighted by Gasteiger charge is -2.18. The van der Waals surface area contributed by atoms with Gasteiger partial charge in [-0.25, -0.2) is 0 Å². The van der Waals surface area contributed by atoms with Crippen LogP contribution in [0.2, 0.25) is 0 Å². The van der Waals surface area contributed by atoms with Gasteiger partial charge in [0, 0.05) is 3.57 Å². The van der Waals surface area contributed by atoms with Gasteiger partial charge in [-0.2, -0.15) is 26.3 Å². The Morgan fingerprint density at radius 3 is 1.81 bits per heavy atom. The largest absolute Gasteiger partial charge is 0.419 e. The second-order valence-electron chi connectivity index (χ2n) is 2.88. The van der Waals surface area contributed by atoms with E-state index >= 15 is 0 Å². The fraction of sp³-hybridized carbons (Fsp3) is 0.250. The van der Waals surface area contributed by atoms with Gasteiger partial charge in [0.1, 0.15) is 0 Å². The second-order valence-corrected chi connectivity index (χ2v) is 4.04. The second kappa shape index (κ2) is 3.97. The van der Waals surface area contributed by atoms with Gasteiger partial charge >= 0.3 is 12.4 Å². The van der Waals surface area contributed by atoms with Crippen molar-refractivity contribution >= 4 is 28.3 Å². The van der Waals surface area contributed by atoms with Crippen LogP contribution >= 0.6 is 22.6 Å². The maximum atomic E-state index is 12.4. The fourth-order valence-electron chi connectivity index (χ4n) is 1.14. The van der Waals surface area contributed by atoms with Gasteiger partial charge in [-0.05, 0) is 34.7 Å². The van der Waals surface area contributed by atoms with E-state index in [0.717, 1.165) is 6.07 Å². The molecule has 0 bridgehead atoms. The minimum absolute atomic E-state index is 0.0714. The molecule has 0 spiro atoms. The van der Waals surface area contributed by atoms with Crippen molar-refractivity contribution in [3.05, 3.63) is 26.8 Å². The van der Waals surface area contributed by atoms with Crippen LogP contribution in [0.25, 0.3) is 0 Å². The molecular formula is C8H4F6IN. The summed E-state index contributed by atoms with van der Waals surface area (Å²) in [7, 11) is 0. The van der Waals surface area contributed by atoms with Gasteiger partial charge in [-0.1, -0.05) is 0 Å². The van der Waals surface area contributed by atoms with Crippen molar-refractivity contribution in [2.24, 2.45) is 0 Å². The van der Waals surface area contributed by atoms with Gasteiger partial charge in [0.15, 0.2) is 0 Å². The van der Waals surface area contributed by atoms with E-state index in [9.17, 15) is 26.3 Å². The van der Waals surface area contributed by atoms with E-state index in [0.29, 0.717) is 6.07 Å². The highest BCUT2D eigenvalue weighted by Gasteiger charge is 2.44. The zero-order chi connectivity index (χ0) is 12.7. The number of nitrogens with two attached hydrogens (primary N) is 1. The molecule has 1 aromatic rings. The van der Waals surface area contributed by atoms with Crippen molar-refractivity contribution in [3.8, 4) is 0 Å². The number of alkyl halides is 6.